The molecule has 4 aromatic rings. The molecule has 6 nitrogen and oxygen atoms in total. The summed E-state index contributed by atoms with van der Waals surface area (Å²) in [5.41, 5.74) is 4.64. The topological polar surface area (TPSA) is 66.6 Å². The third kappa shape index (κ3) is 3.65. The van der Waals surface area contributed by atoms with Crippen LogP contribution in [0, 0.1) is 0 Å². The minimum atomic E-state index is 0.532. The average Bonchev–Trinajstić information content (AvgIpc) is 3.29. The Kier molecular flexibility index (Phi) is 5.16. The van der Waals surface area contributed by atoms with Gasteiger partial charge in [-0.05, 0) is 29.3 Å². The number of aromatic nitrogens is 2. The Hall–Kier alpha value is -3.80. The fourth-order valence-electron chi connectivity index (χ4n) is 3.14. The van der Waals surface area contributed by atoms with Crippen molar-refractivity contribution in [3.63, 3.8) is 0 Å². The number of hydrogen-bond acceptors (Lipinski definition) is 6. The molecule has 0 atom stereocenters. The van der Waals surface area contributed by atoms with Crippen molar-refractivity contribution in [3.05, 3.63) is 67.0 Å². The van der Waals surface area contributed by atoms with Crippen molar-refractivity contribution in [3.8, 4) is 51.0 Å². The first-order chi connectivity index (χ1) is 14.2. The van der Waals surface area contributed by atoms with Crippen molar-refractivity contribution in [1.82, 2.24) is 10.1 Å². The maximum atomic E-state index is 5.58. The normalized spacial score (nSPS) is 10.6. The van der Waals surface area contributed by atoms with Gasteiger partial charge in [-0.2, -0.15) is 0 Å². The maximum Gasteiger partial charge on any atom is 0.203 e. The zero-order valence-electron chi connectivity index (χ0n) is 16.4. The minimum absolute atomic E-state index is 0.532. The highest BCUT2D eigenvalue weighted by Crippen LogP contribution is 2.41. The van der Waals surface area contributed by atoms with E-state index in [0.29, 0.717) is 23.0 Å². The van der Waals surface area contributed by atoms with Crippen molar-refractivity contribution in [1.29, 1.82) is 0 Å². The lowest BCUT2D eigenvalue weighted by molar-refractivity contribution is 0.324. The van der Waals surface area contributed by atoms with Crippen LogP contribution in [-0.4, -0.2) is 31.5 Å². The molecule has 2 aromatic carbocycles. The average molecular weight is 388 g/mol. The van der Waals surface area contributed by atoms with Crippen LogP contribution in [0.4, 0.5) is 0 Å². The lowest BCUT2D eigenvalue weighted by atomic mass is 10.0. The van der Waals surface area contributed by atoms with Gasteiger partial charge in [-0.25, -0.2) is 0 Å². The lowest BCUT2D eigenvalue weighted by Gasteiger charge is -2.12. The highest BCUT2D eigenvalue weighted by atomic mass is 16.5. The number of ether oxygens (including phenoxy) is 3. The van der Waals surface area contributed by atoms with E-state index in [4.69, 9.17) is 18.7 Å². The summed E-state index contributed by atoms with van der Waals surface area (Å²) in [4.78, 5) is 4.16. The first kappa shape index (κ1) is 18.6. The SMILES string of the molecule is COc1cc(-c2cc(-c3ccc(-c4cccnc4)cc3)no2)cc(OC)c1OC. The van der Waals surface area contributed by atoms with E-state index in [0.717, 1.165) is 27.9 Å². The first-order valence-corrected chi connectivity index (χ1v) is 9.01. The molecule has 0 fully saturated rings. The van der Waals surface area contributed by atoms with Gasteiger partial charge in [0.15, 0.2) is 17.3 Å². The Balaban J connectivity index is 1.65. The predicted molar refractivity (Wildman–Crippen MR) is 110 cm³/mol. The smallest absolute Gasteiger partial charge is 0.203 e. The van der Waals surface area contributed by atoms with Gasteiger partial charge >= 0.3 is 0 Å². The quantitative estimate of drug-likeness (QED) is 0.458. The molecule has 0 radical (unpaired) electrons. The van der Waals surface area contributed by atoms with Crippen LogP contribution in [0.1, 0.15) is 0 Å². The van der Waals surface area contributed by atoms with Crippen molar-refractivity contribution in [2.24, 2.45) is 0 Å². The van der Waals surface area contributed by atoms with Gasteiger partial charge in [0.1, 0.15) is 5.69 Å². The molecule has 0 aliphatic heterocycles. The number of rotatable bonds is 6. The molecule has 146 valence electrons. The molecule has 4 rings (SSSR count). The van der Waals surface area contributed by atoms with Crippen LogP contribution in [0.5, 0.6) is 17.2 Å². The summed E-state index contributed by atoms with van der Waals surface area (Å²) in [7, 11) is 4.73. The second-order valence-electron chi connectivity index (χ2n) is 6.31. The summed E-state index contributed by atoms with van der Waals surface area (Å²) in [6, 6.07) is 17.6. The zero-order valence-corrected chi connectivity index (χ0v) is 16.4. The second kappa shape index (κ2) is 8.06. The van der Waals surface area contributed by atoms with E-state index >= 15 is 0 Å². The van der Waals surface area contributed by atoms with E-state index in [1.807, 2.05) is 60.8 Å². The maximum absolute atomic E-state index is 5.58. The minimum Gasteiger partial charge on any atom is -0.493 e. The Morgan fingerprint density at radius 3 is 2.00 bits per heavy atom. The van der Waals surface area contributed by atoms with E-state index in [9.17, 15) is 0 Å². The van der Waals surface area contributed by atoms with Gasteiger partial charge in [0, 0.05) is 29.6 Å². The molecular formula is C23H20N2O4. The molecule has 0 aliphatic rings. The Morgan fingerprint density at radius 1 is 0.724 bits per heavy atom. The predicted octanol–water partition coefficient (Wildman–Crippen LogP) is 5.10. The highest BCUT2D eigenvalue weighted by Gasteiger charge is 2.17. The molecule has 0 bridgehead atoms. The van der Waals surface area contributed by atoms with Gasteiger partial charge in [0.25, 0.3) is 0 Å². The lowest BCUT2D eigenvalue weighted by Crippen LogP contribution is -1.95. The summed E-state index contributed by atoms with van der Waals surface area (Å²) in [5, 5.41) is 4.22. The van der Waals surface area contributed by atoms with Gasteiger partial charge < -0.3 is 18.7 Å². The van der Waals surface area contributed by atoms with Crippen LogP contribution in [0.3, 0.4) is 0 Å². The Morgan fingerprint density at radius 2 is 1.41 bits per heavy atom. The molecule has 0 saturated carbocycles. The van der Waals surface area contributed by atoms with Gasteiger partial charge in [-0.1, -0.05) is 35.5 Å². The second-order valence-corrected chi connectivity index (χ2v) is 6.31. The molecule has 0 aliphatic carbocycles. The number of hydrogen-bond donors (Lipinski definition) is 0. The van der Waals surface area contributed by atoms with Crippen LogP contribution < -0.4 is 14.2 Å². The van der Waals surface area contributed by atoms with Crippen LogP contribution in [0.2, 0.25) is 0 Å². The third-order valence-corrected chi connectivity index (χ3v) is 4.63. The van der Waals surface area contributed by atoms with Crippen LogP contribution in [0.15, 0.2) is 71.5 Å². The van der Waals surface area contributed by atoms with Crippen LogP contribution in [-0.2, 0) is 0 Å². The van der Waals surface area contributed by atoms with E-state index < -0.39 is 0 Å². The standard InChI is InChI=1S/C23H20N2O4/c1-26-21-11-18(12-22(27-2)23(21)28-3)20-13-19(25-29-20)16-8-6-15(7-9-16)17-5-4-10-24-14-17/h4-14H,1-3H3. The van der Waals surface area contributed by atoms with E-state index in [2.05, 4.69) is 10.1 Å². The van der Waals surface area contributed by atoms with Crippen molar-refractivity contribution < 1.29 is 18.7 Å². The zero-order chi connectivity index (χ0) is 20.2. The fraction of sp³-hybridized carbons (Fsp3) is 0.130. The molecule has 0 N–H and O–H groups in total. The Bertz CT molecular complexity index is 1080. The first-order valence-electron chi connectivity index (χ1n) is 9.01. The number of nitrogens with zero attached hydrogens (tertiary/aromatic N) is 2. The summed E-state index contributed by atoms with van der Waals surface area (Å²) < 4.78 is 21.8. The molecular weight excluding hydrogens is 368 g/mol. The van der Waals surface area contributed by atoms with Gasteiger partial charge in [0.2, 0.25) is 5.75 Å². The summed E-state index contributed by atoms with van der Waals surface area (Å²) in [6.45, 7) is 0. The van der Waals surface area contributed by atoms with E-state index in [-0.39, 0.29) is 0 Å². The Labute approximate surface area is 168 Å². The number of methoxy groups -OCH3 is 3. The van der Waals surface area contributed by atoms with Crippen LogP contribution in [0.25, 0.3) is 33.7 Å². The molecule has 2 aromatic heterocycles. The van der Waals surface area contributed by atoms with Gasteiger partial charge in [-0.3, -0.25) is 4.98 Å². The number of benzene rings is 2. The monoisotopic (exact) mass is 388 g/mol. The molecule has 0 spiro atoms. The van der Waals surface area contributed by atoms with Crippen molar-refractivity contribution in [2.45, 2.75) is 0 Å². The summed E-state index contributed by atoms with van der Waals surface area (Å²) in [5.74, 6) is 2.25. The highest BCUT2D eigenvalue weighted by molar-refractivity contribution is 5.73. The molecule has 0 saturated heterocycles. The molecule has 6 heteroatoms. The summed E-state index contributed by atoms with van der Waals surface area (Å²) in [6.07, 6.45) is 3.60. The summed E-state index contributed by atoms with van der Waals surface area (Å²) >= 11 is 0. The van der Waals surface area contributed by atoms with Crippen molar-refractivity contribution in [2.75, 3.05) is 21.3 Å². The largest absolute Gasteiger partial charge is 0.493 e. The fourth-order valence-corrected chi connectivity index (χ4v) is 3.14. The van der Waals surface area contributed by atoms with Gasteiger partial charge in [0.05, 0.1) is 21.3 Å². The molecule has 0 unspecified atom stereocenters. The van der Waals surface area contributed by atoms with Crippen molar-refractivity contribution >= 4 is 0 Å². The molecule has 0 amide bonds. The molecule has 2 heterocycles. The van der Waals surface area contributed by atoms with Gasteiger partial charge in [-0.15, -0.1) is 0 Å². The molecule has 29 heavy (non-hydrogen) atoms. The van der Waals surface area contributed by atoms with Crippen LogP contribution >= 0.6 is 0 Å². The third-order valence-electron chi connectivity index (χ3n) is 4.63. The van der Waals surface area contributed by atoms with E-state index in [1.54, 1.807) is 27.5 Å². The number of pyridine rings is 1. The van der Waals surface area contributed by atoms with E-state index in [1.165, 1.54) is 0 Å².